The zero-order valence-electron chi connectivity index (χ0n) is 14.6. The Kier molecular flexibility index (Phi) is 5.18. The Bertz CT molecular complexity index is 963. The van der Waals surface area contributed by atoms with E-state index in [1.54, 1.807) is 30.5 Å². The number of sulfone groups is 1. The molecule has 0 spiro atoms. The van der Waals surface area contributed by atoms with Crippen molar-refractivity contribution in [3.8, 4) is 0 Å². The lowest BCUT2D eigenvalue weighted by Gasteiger charge is -2.10. The van der Waals surface area contributed by atoms with Crippen LogP contribution < -0.4 is 0 Å². The zero-order chi connectivity index (χ0) is 17.9. The Labute approximate surface area is 148 Å². The maximum Gasteiger partial charge on any atom is 0.178 e. The highest BCUT2D eigenvalue weighted by atomic mass is 32.2. The van der Waals surface area contributed by atoms with Crippen LogP contribution in [0.3, 0.4) is 0 Å². The van der Waals surface area contributed by atoms with Gasteiger partial charge in [-0.25, -0.2) is 13.4 Å². The number of aryl methyl sites for hydroxylation is 3. The van der Waals surface area contributed by atoms with Crippen LogP contribution in [0, 0.1) is 6.92 Å². The van der Waals surface area contributed by atoms with Gasteiger partial charge in [-0.3, -0.25) is 4.98 Å². The number of imidazole rings is 1. The minimum atomic E-state index is -3.25. The third-order valence-electron chi connectivity index (χ3n) is 4.28. The average Bonchev–Trinajstić information content (AvgIpc) is 2.95. The van der Waals surface area contributed by atoms with Crippen LogP contribution >= 0.6 is 0 Å². The number of nitrogens with zero attached hydrogens (tertiary/aromatic N) is 3. The molecule has 5 nitrogen and oxygen atoms in total. The van der Waals surface area contributed by atoms with Crippen LogP contribution in [0.1, 0.15) is 31.2 Å². The maximum absolute atomic E-state index is 12.5. The molecule has 25 heavy (non-hydrogen) atoms. The molecule has 0 N–H and O–H groups in total. The van der Waals surface area contributed by atoms with Gasteiger partial charge in [-0.15, -0.1) is 0 Å². The molecule has 0 aliphatic heterocycles. The Morgan fingerprint density at radius 2 is 1.88 bits per heavy atom. The van der Waals surface area contributed by atoms with Crippen molar-refractivity contribution in [3.05, 3.63) is 54.1 Å². The smallest absolute Gasteiger partial charge is 0.178 e. The molecule has 0 saturated carbocycles. The van der Waals surface area contributed by atoms with E-state index in [2.05, 4.69) is 21.5 Å². The minimum absolute atomic E-state index is 0.131. The molecule has 0 bridgehead atoms. The molecule has 0 amide bonds. The van der Waals surface area contributed by atoms with Crippen molar-refractivity contribution in [2.45, 2.75) is 44.6 Å². The Hall–Kier alpha value is -2.21. The van der Waals surface area contributed by atoms with Gasteiger partial charge in [0.15, 0.2) is 9.84 Å². The SMILES string of the molecule is CCCc1nc2cncc(C)c2n1CCCS(=O)(=O)c1ccccc1. The normalized spacial score (nSPS) is 11.9. The second-order valence-electron chi connectivity index (χ2n) is 6.24. The summed E-state index contributed by atoms with van der Waals surface area (Å²) in [5, 5.41) is 0. The molecule has 0 radical (unpaired) electrons. The third kappa shape index (κ3) is 3.74. The lowest BCUT2D eigenvalue weighted by atomic mass is 10.2. The fourth-order valence-corrected chi connectivity index (χ4v) is 4.44. The zero-order valence-corrected chi connectivity index (χ0v) is 15.5. The molecule has 0 unspecified atom stereocenters. The molecular weight excluding hydrogens is 334 g/mol. The van der Waals surface area contributed by atoms with E-state index < -0.39 is 9.84 Å². The number of fused-ring (bicyclic) bond motifs is 1. The van der Waals surface area contributed by atoms with Gasteiger partial charge >= 0.3 is 0 Å². The summed E-state index contributed by atoms with van der Waals surface area (Å²) in [6, 6.07) is 8.64. The predicted molar refractivity (Wildman–Crippen MR) is 99.4 cm³/mol. The highest BCUT2D eigenvalue weighted by molar-refractivity contribution is 7.91. The first-order valence-electron chi connectivity index (χ1n) is 8.60. The monoisotopic (exact) mass is 357 g/mol. The fraction of sp³-hybridized carbons (Fsp3) is 0.368. The van der Waals surface area contributed by atoms with Crippen molar-refractivity contribution < 1.29 is 8.42 Å². The van der Waals surface area contributed by atoms with Crippen LogP contribution in [0.4, 0.5) is 0 Å². The van der Waals surface area contributed by atoms with E-state index in [1.807, 2.05) is 19.2 Å². The van der Waals surface area contributed by atoms with Gasteiger partial charge in [0.05, 0.1) is 22.4 Å². The van der Waals surface area contributed by atoms with Gasteiger partial charge in [-0.2, -0.15) is 0 Å². The molecule has 1 aromatic carbocycles. The maximum atomic E-state index is 12.5. The van der Waals surface area contributed by atoms with Crippen LogP contribution in [-0.4, -0.2) is 28.7 Å². The molecule has 3 aromatic rings. The van der Waals surface area contributed by atoms with Gasteiger partial charge in [0.25, 0.3) is 0 Å². The topological polar surface area (TPSA) is 64.8 Å². The van der Waals surface area contributed by atoms with Crippen molar-refractivity contribution in [2.75, 3.05) is 5.75 Å². The van der Waals surface area contributed by atoms with Crippen LogP contribution in [0.25, 0.3) is 11.0 Å². The van der Waals surface area contributed by atoms with Crippen molar-refractivity contribution in [1.82, 2.24) is 14.5 Å². The fourth-order valence-electron chi connectivity index (χ4n) is 3.12. The minimum Gasteiger partial charge on any atom is -0.328 e. The molecule has 132 valence electrons. The van der Waals surface area contributed by atoms with E-state index in [4.69, 9.17) is 0 Å². The quantitative estimate of drug-likeness (QED) is 0.648. The van der Waals surface area contributed by atoms with Crippen LogP contribution in [-0.2, 0) is 22.8 Å². The number of hydrogen-bond donors (Lipinski definition) is 0. The van der Waals surface area contributed by atoms with Crippen molar-refractivity contribution in [2.24, 2.45) is 0 Å². The number of pyridine rings is 1. The third-order valence-corrected chi connectivity index (χ3v) is 6.10. The molecule has 2 heterocycles. The molecular formula is C19H23N3O2S. The molecule has 0 atom stereocenters. The number of rotatable bonds is 7. The summed E-state index contributed by atoms with van der Waals surface area (Å²) < 4.78 is 27.1. The molecule has 3 rings (SSSR count). The Morgan fingerprint density at radius 1 is 1.12 bits per heavy atom. The molecule has 0 aliphatic rings. The summed E-state index contributed by atoms with van der Waals surface area (Å²) in [6.07, 6.45) is 6.04. The molecule has 6 heteroatoms. The highest BCUT2D eigenvalue weighted by Gasteiger charge is 2.16. The van der Waals surface area contributed by atoms with Gasteiger partial charge in [-0.1, -0.05) is 25.1 Å². The highest BCUT2D eigenvalue weighted by Crippen LogP contribution is 2.21. The van der Waals surface area contributed by atoms with Gasteiger partial charge in [0, 0.05) is 19.2 Å². The summed E-state index contributed by atoms with van der Waals surface area (Å²) in [6.45, 7) is 4.78. The molecule has 0 fully saturated rings. The van der Waals surface area contributed by atoms with Gasteiger partial charge in [0.2, 0.25) is 0 Å². The van der Waals surface area contributed by atoms with E-state index in [-0.39, 0.29) is 5.75 Å². The van der Waals surface area contributed by atoms with Gasteiger partial charge < -0.3 is 4.57 Å². The van der Waals surface area contributed by atoms with Crippen LogP contribution in [0.5, 0.6) is 0 Å². The van der Waals surface area contributed by atoms with E-state index in [1.165, 1.54) is 0 Å². The first-order valence-corrected chi connectivity index (χ1v) is 10.3. The number of hydrogen-bond acceptors (Lipinski definition) is 4. The molecule has 0 saturated heterocycles. The van der Waals surface area contributed by atoms with Crippen molar-refractivity contribution in [3.63, 3.8) is 0 Å². The standard InChI is InChI=1S/C19H23N3O2S/c1-3-8-18-21-17-14-20-13-15(2)19(17)22(18)11-7-12-25(23,24)16-9-5-4-6-10-16/h4-6,9-10,13-14H,3,7-8,11-12H2,1-2H3. The predicted octanol–water partition coefficient (Wildman–Crippen LogP) is 3.56. The number of aromatic nitrogens is 3. The second-order valence-corrected chi connectivity index (χ2v) is 8.35. The summed E-state index contributed by atoms with van der Waals surface area (Å²) in [4.78, 5) is 9.29. The Balaban J connectivity index is 1.82. The summed E-state index contributed by atoms with van der Waals surface area (Å²) >= 11 is 0. The van der Waals surface area contributed by atoms with Gasteiger partial charge in [-0.05, 0) is 37.5 Å². The van der Waals surface area contributed by atoms with E-state index in [0.29, 0.717) is 17.9 Å². The van der Waals surface area contributed by atoms with E-state index in [9.17, 15) is 8.42 Å². The molecule has 2 aromatic heterocycles. The van der Waals surface area contributed by atoms with Crippen molar-refractivity contribution in [1.29, 1.82) is 0 Å². The number of benzene rings is 1. The van der Waals surface area contributed by atoms with E-state index in [0.717, 1.165) is 35.3 Å². The first-order chi connectivity index (χ1) is 12.0. The summed E-state index contributed by atoms with van der Waals surface area (Å²) in [5.41, 5.74) is 3.02. The lowest BCUT2D eigenvalue weighted by Crippen LogP contribution is -2.11. The van der Waals surface area contributed by atoms with Crippen molar-refractivity contribution >= 4 is 20.9 Å². The van der Waals surface area contributed by atoms with E-state index >= 15 is 0 Å². The largest absolute Gasteiger partial charge is 0.328 e. The summed E-state index contributed by atoms with van der Waals surface area (Å²) in [5.74, 6) is 1.14. The van der Waals surface area contributed by atoms with Crippen LogP contribution in [0.15, 0.2) is 47.6 Å². The van der Waals surface area contributed by atoms with Gasteiger partial charge in [0.1, 0.15) is 11.3 Å². The van der Waals surface area contributed by atoms with Crippen LogP contribution in [0.2, 0.25) is 0 Å². The first kappa shape index (κ1) is 17.6. The average molecular weight is 357 g/mol. The lowest BCUT2D eigenvalue weighted by molar-refractivity contribution is 0.584. The molecule has 0 aliphatic carbocycles. The second kappa shape index (κ2) is 7.35. The Morgan fingerprint density at radius 3 is 2.60 bits per heavy atom. The summed E-state index contributed by atoms with van der Waals surface area (Å²) in [7, 11) is -3.25.